The van der Waals surface area contributed by atoms with Crippen LogP contribution in [0.25, 0.3) is 16.9 Å². The molecule has 0 bridgehead atoms. The van der Waals surface area contributed by atoms with E-state index in [2.05, 4.69) is 9.97 Å². The number of aliphatic hydroxyl groups excluding tert-OH is 2. The molecule has 3 aromatic rings. The lowest BCUT2D eigenvalue weighted by molar-refractivity contribution is -0.0433. The summed E-state index contributed by atoms with van der Waals surface area (Å²) in [5, 5.41) is 19.2. The summed E-state index contributed by atoms with van der Waals surface area (Å²) in [6.07, 6.45) is 1.65. The van der Waals surface area contributed by atoms with E-state index in [4.69, 9.17) is 4.74 Å². The van der Waals surface area contributed by atoms with Crippen molar-refractivity contribution in [2.24, 2.45) is 7.05 Å². The molecule has 0 spiro atoms. The van der Waals surface area contributed by atoms with Gasteiger partial charge in [-0.2, -0.15) is 0 Å². The molecule has 0 aliphatic carbocycles. The fraction of sp³-hybridized carbons (Fsp3) is 0.500. The van der Waals surface area contributed by atoms with Gasteiger partial charge in [-0.25, -0.2) is 14.4 Å². The van der Waals surface area contributed by atoms with Gasteiger partial charge >= 0.3 is 0 Å². The molecule has 0 radical (unpaired) electrons. The maximum absolute atomic E-state index is 12.6. The summed E-state index contributed by atoms with van der Waals surface area (Å²) in [5.74, 6) is 0.513. The monoisotopic (exact) mass is 319 g/mol. The molecule has 1 fully saturated rings. The first-order valence-electron chi connectivity index (χ1n) is 7.37. The molecule has 9 nitrogen and oxygen atoms in total. The van der Waals surface area contributed by atoms with Gasteiger partial charge in [0.1, 0.15) is 12.3 Å². The van der Waals surface area contributed by atoms with Gasteiger partial charge in [0.2, 0.25) is 5.78 Å². The van der Waals surface area contributed by atoms with E-state index < -0.39 is 18.4 Å². The minimum atomic E-state index is -0.753. The fourth-order valence-corrected chi connectivity index (χ4v) is 3.18. The Hall–Kier alpha value is -2.23. The molecule has 1 saturated heterocycles. The highest BCUT2D eigenvalue weighted by molar-refractivity contribution is 5.73. The number of hydrogen-bond acceptors (Lipinski definition) is 6. The predicted molar refractivity (Wildman–Crippen MR) is 80.1 cm³/mol. The molecule has 4 rings (SSSR count). The van der Waals surface area contributed by atoms with Crippen LogP contribution in [0.5, 0.6) is 0 Å². The van der Waals surface area contributed by atoms with Crippen molar-refractivity contribution in [1.29, 1.82) is 0 Å². The van der Waals surface area contributed by atoms with Gasteiger partial charge in [-0.1, -0.05) is 0 Å². The molecule has 122 valence electrons. The smallest absolute Gasteiger partial charge is 0.287 e. The molecular weight excluding hydrogens is 302 g/mol. The second-order valence-corrected chi connectivity index (χ2v) is 5.86. The zero-order valence-corrected chi connectivity index (χ0v) is 12.7. The molecule has 0 aromatic carbocycles. The molecule has 0 amide bonds. The van der Waals surface area contributed by atoms with Crippen LogP contribution in [0, 0.1) is 6.92 Å². The summed E-state index contributed by atoms with van der Waals surface area (Å²) < 4.78 is 10.6. The van der Waals surface area contributed by atoms with Gasteiger partial charge in [0.25, 0.3) is 5.56 Å². The first-order chi connectivity index (χ1) is 11.0. The fourth-order valence-electron chi connectivity index (χ4n) is 3.18. The van der Waals surface area contributed by atoms with Crippen LogP contribution in [-0.4, -0.2) is 52.5 Å². The molecule has 2 N–H and O–H groups in total. The second kappa shape index (κ2) is 4.88. The Morgan fingerprint density at radius 1 is 1.48 bits per heavy atom. The number of aromatic nitrogens is 5. The van der Waals surface area contributed by atoms with E-state index in [1.165, 1.54) is 10.7 Å². The molecule has 3 atom stereocenters. The van der Waals surface area contributed by atoms with E-state index in [1.807, 2.05) is 6.92 Å². The van der Waals surface area contributed by atoms with Gasteiger partial charge in [0.05, 0.1) is 24.7 Å². The molecule has 1 aliphatic rings. The van der Waals surface area contributed by atoms with E-state index in [9.17, 15) is 15.0 Å². The van der Waals surface area contributed by atoms with E-state index >= 15 is 0 Å². The maximum Gasteiger partial charge on any atom is 0.287 e. The van der Waals surface area contributed by atoms with Crippen LogP contribution in [0.1, 0.15) is 18.3 Å². The van der Waals surface area contributed by atoms with Crippen LogP contribution in [0.2, 0.25) is 0 Å². The normalized spacial score (nSPS) is 25.0. The highest BCUT2D eigenvalue weighted by Crippen LogP contribution is 2.30. The Bertz CT molecular complexity index is 956. The van der Waals surface area contributed by atoms with E-state index in [-0.39, 0.29) is 12.2 Å². The second-order valence-electron chi connectivity index (χ2n) is 5.86. The van der Waals surface area contributed by atoms with Gasteiger partial charge in [0, 0.05) is 19.7 Å². The summed E-state index contributed by atoms with van der Waals surface area (Å²) in [6.45, 7) is 1.56. The van der Waals surface area contributed by atoms with Gasteiger partial charge in [-0.05, 0) is 6.92 Å². The van der Waals surface area contributed by atoms with Crippen LogP contribution in [0.4, 0.5) is 0 Å². The number of fused-ring (bicyclic) bond motifs is 2. The molecule has 23 heavy (non-hydrogen) atoms. The average Bonchev–Trinajstić information content (AvgIpc) is 3.20. The third-order valence-corrected chi connectivity index (χ3v) is 4.31. The lowest BCUT2D eigenvalue weighted by atomic mass is 10.2. The first-order valence-corrected chi connectivity index (χ1v) is 7.37. The van der Waals surface area contributed by atoms with Crippen molar-refractivity contribution in [1.82, 2.24) is 23.5 Å². The molecule has 0 saturated carbocycles. The number of hydrogen-bond donors (Lipinski definition) is 2. The summed E-state index contributed by atoms with van der Waals surface area (Å²) in [5.41, 5.74) is 1.38. The highest BCUT2D eigenvalue weighted by atomic mass is 16.5. The SMILES string of the molecule is Cc1cn2c(=O)c3ncn([C@@H]4C[C@H](O)[C@@H](CO)O4)c3n(C)c2n1. The summed E-state index contributed by atoms with van der Waals surface area (Å²) in [6, 6.07) is 0. The lowest BCUT2D eigenvalue weighted by Crippen LogP contribution is -2.24. The Kier molecular flexibility index (Phi) is 3.05. The molecule has 4 heterocycles. The Labute approximate surface area is 130 Å². The van der Waals surface area contributed by atoms with Gasteiger partial charge in [-0.15, -0.1) is 0 Å². The highest BCUT2D eigenvalue weighted by Gasteiger charge is 2.35. The van der Waals surface area contributed by atoms with Crippen LogP contribution in [0.15, 0.2) is 17.3 Å². The van der Waals surface area contributed by atoms with Gasteiger partial charge in [-0.3, -0.25) is 13.9 Å². The van der Waals surface area contributed by atoms with Crippen molar-refractivity contribution in [3.8, 4) is 0 Å². The number of rotatable bonds is 2. The van der Waals surface area contributed by atoms with Crippen LogP contribution in [-0.2, 0) is 11.8 Å². The van der Waals surface area contributed by atoms with E-state index in [0.717, 1.165) is 5.69 Å². The topological polar surface area (TPSA) is 107 Å². The minimum Gasteiger partial charge on any atom is -0.394 e. The van der Waals surface area contributed by atoms with Crippen molar-refractivity contribution in [2.75, 3.05) is 6.61 Å². The molecule has 3 aromatic heterocycles. The minimum absolute atomic E-state index is 0.246. The van der Waals surface area contributed by atoms with Crippen molar-refractivity contribution in [3.63, 3.8) is 0 Å². The maximum atomic E-state index is 12.6. The van der Waals surface area contributed by atoms with Gasteiger partial charge < -0.3 is 14.9 Å². The lowest BCUT2D eigenvalue weighted by Gasteiger charge is -2.15. The van der Waals surface area contributed by atoms with Crippen LogP contribution < -0.4 is 5.56 Å². The summed E-state index contributed by atoms with van der Waals surface area (Å²) in [4.78, 5) is 21.2. The van der Waals surface area contributed by atoms with Gasteiger partial charge in [0.15, 0.2) is 11.2 Å². The standard InChI is InChI=1S/C14H17N5O4/c1-7-4-18-13(22)11-12(17(2)14(18)16-7)19(6-15-11)10-3-8(21)9(5-20)23-10/h4,6,8-10,20-21H,3,5H2,1-2H3/t8-,9+,10-/m0/s1. The van der Waals surface area contributed by atoms with Crippen molar-refractivity contribution in [2.45, 2.75) is 31.8 Å². The summed E-state index contributed by atoms with van der Waals surface area (Å²) >= 11 is 0. The van der Waals surface area contributed by atoms with Crippen LogP contribution in [0.3, 0.4) is 0 Å². The van der Waals surface area contributed by atoms with E-state index in [1.54, 1.807) is 22.4 Å². The van der Waals surface area contributed by atoms with Crippen LogP contribution >= 0.6 is 0 Å². The average molecular weight is 319 g/mol. The number of ether oxygens (including phenoxy) is 1. The van der Waals surface area contributed by atoms with Crippen molar-refractivity contribution < 1.29 is 14.9 Å². The third kappa shape index (κ3) is 1.94. The molecule has 9 heteroatoms. The molecular formula is C14H17N5O4. The summed E-state index contributed by atoms with van der Waals surface area (Å²) in [7, 11) is 1.80. The Morgan fingerprint density at radius 2 is 2.26 bits per heavy atom. The van der Waals surface area contributed by atoms with E-state index in [0.29, 0.717) is 23.4 Å². The quantitative estimate of drug-likeness (QED) is 0.649. The first kappa shape index (κ1) is 14.4. The Balaban J connectivity index is 1.94. The molecule has 1 aliphatic heterocycles. The van der Waals surface area contributed by atoms with Crippen molar-refractivity contribution >= 4 is 16.9 Å². The third-order valence-electron chi connectivity index (χ3n) is 4.31. The zero-order chi connectivity index (χ0) is 16.3. The number of nitrogens with zero attached hydrogens (tertiary/aromatic N) is 5. The van der Waals surface area contributed by atoms with Crippen molar-refractivity contribution in [3.05, 3.63) is 28.6 Å². The zero-order valence-electron chi connectivity index (χ0n) is 12.7. The molecule has 0 unspecified atom stereocenters. The predicted octanol–water partition coefficient (Wildman–Crippen LogP) is -0.668. The largest absolute Gasteiger partial charge is 0.394 e. The number of aliphatic hydroxyl groups is 2. The number of aryl methyl sites for hydroxylation is 2. The Morgan fingerprint density at radius 3 is 2.96 bits per heavy atom. The number of imidazole rings is 2.